The molecule has 10 aromatic rings. The average molecular weight is 590 g/mol. The minimum atomic E-state index is 0.590. The summed E-state index contributed by atoms with van der Waals surface area (Å²) in [4.78, 5) is 15.2. The zero-order chi connectivity index (χ0) is 30.2. The Bertz CT molecular complexity index is 2810. The molecule has 0 atom stereocenters. The lowest BCUT2D eigenvalue weighted by atomic mass is 9.98. The van der Waals surface area contributed by atoms with Crippen molar-refractivity contribution in [3.63, 3.8) is 0 Å². The van der Waals surface area contributed by atoms with Gasteiger partial charge < -0.3 is 8.83 Å². The number of aromatic nitrogens is 3. The highest BCUT2D eigenvalue weighted by Crippen LogP contribution is 2.40. The van der Waals surface area contributed by atoms with Gasteiger partial charge in [-0.3, -0.25) is 0 Å². The monoisotopic (exact) mass is 589 g/mol. The van der Waals surface area contributed by atoms with Crippen molar-refractivity contribution in [1.82, 2.24) is 15.0 Å². The van der Waals surface area contributed by atoms with Crippen molar-refractivity contribution in [3.05, 3.63) is 140 Å². The SMILES string of the molecule is c1ccc(-c2nc(-c3ccc4oc5ccccc5c4c3)nc(-c3cccc4oc5cc6ccc7ccccc7c6cc5c34)n2)cc1. The molecule has 5 heteroatoms. The Balaban J connectivity index is 1.24. The summed E-state index contributed by atoms with van der Waals surface area (Å²) < 4.78 is 12.6. The van der Waals surface area contributed by atoms with Gasteiger partial charge in [0, 0.05) is 38.2 Å². The Kier molecular flexibility index (Phi) is 5.22. The number of rotatable bonds is 3. The maximum atomic E-state index is 6.46. The van der Waals surface area contributed by atoms with Gasteiger partial charge in [0.15, 0.2) is 17.5 Å². The van der Waals surface area contributed by atoms with Crippen LogP contribution in [0.5, 0.6) is 0 Å². The first-order valence-electron chi connectivity index (χ1n) is 15.3. The van der Waals surface area contributed by atoms with E-state index >= 15 is 0 Å². The van der Waals surface area contributed by atoms with E-state index < -0.39 is 0 Å². The summed E-state index contributed by atoms with van der Waals surface area (Å²) >= 11 is 0. The summed E-state index contributed by atoms with van der Waals surface area (Å²) in [6.07, 6.45) is 0. The fraction of sp³-hybridized carbons (Fsp3) is 0. The Hall–Kier alpha value is -6.33. The molecule has 0 saturated heterocycles. The number of nitrogens with zero attached hydrogens (tertiary/aromatic N) is 3. The lowest BCUT2D eigenvalue weighted by molar-refractivity contribution is 0.668. The van der Waals surface area contributed by atoms with E-state index in [0.29, 0.717) is 17.5 Å². The fourth-order valence-electron chi connectivity index (χ4n) is 6.72. The molecule has 0 bridgehead atoms. The standard InChI is InChI=1S/C41H23N3O2/c1-2-10-25(11-3-1)39-42-40(27-19-20-35-32(21-27)29-13-6-7-15-34(29)45-35)44-41(43-39)30-14-8-16-36-38(30)33-23-31-26(22-37(33)46-36)18-17-24-9-4-5-12-28(24)31/h1-23H. The molecule has 3 aromatic heterocycles. The first-order chi connectivity index (χ1) is 22.8. The first kappa shape index (κ1) is 25.0. The third-order valence-electron chi connectivity index (χ3n) is 8.90. The normalized spacial score (nSPS) is 11.9. The molecule has 0 unspecified atom stereocenters. The van der Waals surface area contributed by atoms with Crippen LogP contribution in [0.1, 0.15) is 0 Å². The van der Waals surface area contributed by atoms with Gasteiger partial charge in [0.05, 0.1) is 0 Å². The van der Waals surface area contributed by atoms with Gasteiger partial charge in [-0.15, -0.1) is 0 Å². The lowest BCUT2D eigenvalue weighted by Gasteiger charge is -2.09. The van der Waals surface area contributed by atoms with Crippen LogP contribution in [-0.4, -0.2) is 15.0 Å². The first-order valence-corrected chi connectivity index (χ1v) is 15.3. The highest BCUT2D eigenvalue weighted by atomic mass is 16.3. The molecular weight excluding hydrogens is 566 g/mol. The minimum Gasteiger partial charge on any atom is -0.456 e. The van der Waals surface area contributed by atoms with Crippen LogP contribution in [0, 0.1) is 0 Å². The maximum Gasteiger partial charge on any atom is 0.164 e. The number of fused-ring (bicyclic) bond motifs is 9. The number of benzene rings is 7. The van der Waals surface area contributed by atoms with E-state index in [1.165, 1.54) is 16.2 Å². The molecule has 3 heterocycles. The molecule has 0 aliphatic rings. The van der Waals surface area contributed by atoms with Crippen molar-refractivity contribution in [3.8, 4) is 34.2 Å². The summed E-state index contributed by atoms with van der Waals surface area (Å²) in [6, 6.07) is 47.6. The van der Waals surface area contributed by atoms with Crippen molar-refractivity contribution in [2.75, 3.05) is 0 Å². The molecule has 0 aliphatic heterocycles. The fourth-order valence-corrected chi connectivity index (χ4v) is 6.72. The van der Waals surface area contributed by atoms with E-state index in [-0.39, 0.29) is 0 Å². The van der Waals surface area contributed by atoms with Gasteiger partial charge >= 0.3 is 0 Å². The topological polar surface area (TPSA) is 65.0 Å². The highest BCUT2D eigenvalue weighted by Gasteiger charge is 2.19. The molecule has 0 saturated carbocycles. The Morgan fingerprint density at radius 1 is 0.348 bits per heavy atom. The van der Waals surface area contributed by atoms with Crippen molar-refractivity contribution in [2.45, 2.75) is 0 Å². The molecule has 0 amide bonds. The zero-order valence-corrected chi connectivity index (χ0v) is 24.4. The number of para-hydroxylation sites is 1. The molecular formula is C41H23N3O2. The molecule has 7 aromatic carbocycles. The molecule has 0 N–H and O–H groups in total. The van der Waals surface area contributed by atoms with Crippen molar-refractivity contribution >= 4 is 65.4 Å². The number of hydrogen-bond acceptors (Lipinski definition) is 5. The zero-order valence-electron chi connectivity index (χ0n) is 24.4. The van der Waals surface area contributed by atoms with Crippen LogP contribution in [0.3, 0.4) is 0 Å². The van der Waals surface area contributed by atoms with Gasteiger partial charge in [0.1, 0.15) is 22.3 Å². The third-order valence-corrected chi connectivity index (χ3v) is 8.90. The van der Waals surface area contributed by atoms with Crippen LogP contribution < -0.4 is 0 Å². The largest absolute Gasteiger partial charge is 0.456 e. The second kappa shape index (κ2) is 9.58. The minimum absolute atomic E-state index is 0.590. The summed E-state index contributed by atoms with van der Waals surface area (Å²) in [5.74, 6) is 1.79. The Labute approximate surface area is 262 Å². The maximum absolute atomic E-state index is 6.46. The van der Waals surface area contributed by atoms with Crippen molar-refractivity contribution in [1.29, 1.82) is 0 Å². The van der Waals surface area contributed by atoms with E-state index in [0.717, 1.165) is 66.0 Å². The van der Waals surface area contributed by atoms with Crippen LogP contribution in [0.25, 0.3) is 99.6 Å². The van der Waals surface area contributed by atoms with Gasteiger partial charge in [0.25, 0.3) is 0 Å². The predicted octanol–water partition coefficient (Wildman–Crippen LogP) is 11.0. The summed E-state index contributed by atoms with van der Waals surface area (Å²) in [7, 11) is 0. The van der Waals surface area contributed by atoms with E-state index in [1.807, 2.05) is 72.8 Å². The van der Waals surface area contributed by atoms with Gasteiger partial charge in [0.2, 0.25) is 0 Å². The number of hydrogen-bond donors (Lipinski definition) is 0. The van der Waals surface area contributed by atoms with Gasteiger partial charge in [-0.25, -0.2) is 15.0 Å². The third kappa shape index (κ3) is 3.79. The Morgan fingerprint density at radius 3 is 1.96 bits per heavy atom. The van der Waals surface area contributed by atoms with E-state index in [1.54, 1.807) is 0 Å². The quantitative estimate of drug-likeness (QED) is 0.192. The molecule has 10 rings (SSSR count). The van der Waals surface area contributed by atoms with E-state index in [9.17, 15) is 0 Å². The lowest BCUT2D eigenvalue weighted by Crippen LogP contribution is -2.00. The smallest absolute Gasteiger partial charge is 0.164 e. The molecule has 0 fully saturated rings. The van der Waals surface area contributed by atoms with Crippen molar-refractivity contribution < 1.29 is 8.83 Å². The van der Waals surface area contributed by atoms with Crippen molar-refractivity contribution in [2.24, 2.45) is 0 Å². The molecule has 0 spiro atoms. The van der Waals surface area contributed by atoms with Crippen LogP contribution in [0.4, 0.5) is 0 Å². The van der Waals surface area contributed by atoms with Crippen LogP contribution in [-0.2, 0) is 0 Å². The number of furan rings is 2. The van der Waals surface area contributed by atoms with Gasteiger partial charge in [-0.1, -0.05) is 97.1 Å². The second-order valence-electron chi connectivity index (χ2n) is 11.6. The van der Waals surface area contributed by atoms with Crippen LogP contribution in [0.15, 0.2) is 148 Å². The molecule has 214 valence electrons. The van der Waals surface area contributed by atoms with Gasteiger partial charge in [-0.05, 0) is 64.0 Å². The second-order valence-corrected chi connectivity index (χ2v) is 11.6. The summed E-state index contributed by atoms with van der Waals surface area (Å²) in [5.41, 5.74) is 6.02. The molecule has 46 heavy (non-hydrogen) atoms. The summed E-state index contributed by atoms with van der Waals surface area (Å²) in [6.45, 7) is 0. The van der Waals surface area contributed by atoms with E-state index in [2.05, 4.69) is 66.7 Å². The predicted molar refractivity (Wildman–Crippen MR) is 186 cm³/mol. The molecule has 0 aliphatic carbocycles. The Morgan fingerprint density at radius 2 is 1.04 bits per heavy atom. The summed E-state index contributed by atoms with van der Waals surface area (Å²) in [5, 5.41) is 8.85. The van der Waals surface area contributed by atoms with Crippen LogP contribution >= 0.6 is 0 Å². The highest BCUT2D eigenvalue weighted by molar-refractivity contribution is 6.19. The van der Waals surface area contributed by atoms with E-state index in [4.69, 9.17) is 23.8 Å². The molecule has 0 radical (unpaired) electrons. The van der Waals surface area contributed by atoms with Crippen LogP contribution in [0.2, 0.25) is 0 Å². The van der Waals surface area contributed by atoms with Gasteiger partial charge in [-0.2, -0.15) is 0 Å². The molecule has 5 nitrogen and oxygen atoms in total. The average Bonchev–Trinajstić information content (AvgIpc) is 3.68.